The third-order valence-electron chi connectivity index (χ3n) is 3.40. The van der Waals surface area contributed by atoms with E-state index in [0.717, 1.165) is 11.1 Å². The Morgan fingerprint density at radius 1 is 1.33 bits per heavy atom. The van der Waals surface area contributed by atoms with Crippen LogP contribution < -0.4 is 5.73 Å². The van der Waals surface area contributed by atoms with Gasteiger partial charge in [-0.1, -0.05) is 39.0 Å². The predicted molar refractivity (Wildman–Crippen MR) is 73.6 cm³/mol. The Morgan fingerprint density at radius 2 is 1.94 bits per heavy atom. The molecule has 100 valence electrons. The van der Waals surface area contributed by atoms with Crippen molar-refractivity contribution in [2.75, 3.05) is 0 Å². The van der Waals surface area contributed by atoms with E-state index >= 15 is 0 Å². The molecule has 0 aliphatic carbocycles. The van der Waals surface area contributed by atoms with E-state index in [1.165, 1.54) is 5.56 Å². The van der Waals surface area contributed by atoms with Crippen molar-refractivity contribution in [3.8, 4) is 0 Å². The molecular formula is C15H23NO2. The number of carboxylic acid groups (broad SMARTS) is 1. The molecular weight excluding hydrogens is 226 g/mol. The molecule has 0 aliphatic rings. The first-order valence-electron chi connectivity index (χ1n) is 6.41. The number of hydrogen-bond donors (Lipinski definition) is 2. The lowest BCUT2D eigenvalue weighted by Gasteiger charge is -2.19. The van der Waals surface area contributed by atoms with E-state index in [1.54, 1.807) is 6.92 Å². The van der Waals surface area contributed by atoms with Gasteiger partial charge in [-0.15, -0.1) is 0 Å². The van der Waals surface area contributed by atoms with Gasteiger partial charge in [-0.3, -0.25) is 4.79 Å². The minimum atomic E-state index is -0.789. The summed E-state index contributed by atoms with van der Waals surface area (Å²) < 4.78 is 0. The molecule has 1 aromatic carbocycles. The Labute approximate surface area is 109 Å². The van der Waals surface area contributed by atoms with E-state index in [0.29, 0.717) is 12.3 Å². The van der Waals surface area contributed by atoms with Gasteiger partial charge in [-0.05, 0) is 36.0 Å². The Bertz CT molecular complexity index is 427. The predicted octanol–water partition coefficient (Wildman–Crippen LogP) is 3.23. The number of rotatable bonds is 5. The molecule has 18 heavy (non-hydrogen) atoms. The molecule has 2 atom stereocenters. The summed E-state index contributed by atoms with van der Waals surface area (Å²) in [6.45, 7) is 7.99. The summed E-state index contributed by atoms with van der Waals surface area (Å²) in [5.74, 6) is -0.751. The lowest BCUT2D eigenvalue weighted by atomic mass is 9.90. The van der Waals surface area contributed by atoms with Gasteiger partial charge in [0.1, 0.15) is 0 Å². The Balaban J connectivity index is 2.93. The zero-order valence-corrected chi connectivity index (χ0v) is 11.6. The largest absolute Gasteiger partial charge is 0.481 e. The highest BCUT2D eigenvalue weighted by atomic mass is 16.4. The first-order valence-corrected chi connectivity index (χ1v) is 6.41. The van der Waals surface area contributed by atoms with Crippen LogP contribution in [0.25, 0.3) is 0 Å². The fourth-order valence-electron chi connectivity index (χ4n) is 2.03. The molecule has 1 rings (SSSR count). The van der Waals surface area contributed by atoms with Crippen molar-refractivity contribution in [3.63, 3.8) is 0 Å². The molecule has 0 aromatic heterocycles. The van der Waals surface area contributed by atoms with E-state index in [-0.39, 0.29) is 6.04 Å². The average molecular weight is 249 g/mol. The highest BCUT2D eigenvalue weighted by Gasteiger charge is 2.18. The lowest BCUT2D eigenvalue weighted by molar-refractivity contribution is -0.141. The van der Waals surface area contributed by atoms with Crippen molar-refractivity contribution in [1.29, 1.82) is 0 Å². The minimum Gasteiger partial charge on any atom is -0.481 e. The Morgan fingerprint density at radius 3 is 2.44 bits per heavy atom. The van der Waals surface area contributed by atoms with Crippen LogP contribution in [0.5, 0.6) is 0 Å². The summed E-state index contributed by atoms with van der Waals surface area (Å²) in [6, 6.07) is 6.07. The third-order valence-corrected chi connectivity index (χ3v) is 3.40. The molecule has 0 radical (unpaired) electrons. The van der Waals surface area contributed by atoms with Gasteiger partial charge in [0.15, 0.2) is 0 Å². The molecule has 0 spiro atoms. The minimum absolute atomic E-state index is 0.213. The van der Waals surface area contributed by atoms with Gasteiger partial charge in [0.25, 0.3) is 0 Å². The van der Waals surface area contributed by atoms with Crippen molar-refractivity contribution in [3.05, 3.63) is 34.9 Å². The van der Waals surface area contributed by atoms with E-state index in [1.807, 2.05) is 6.92 Å². The van der Waals surface area contributed by atoms with Crippen molar-refractivity contribution in [2.45, 2.75) is 46.1 Å². The fraction of sp³-hybridized carbons (Fsp3) is 0.533. The molecule has 0 fully saturated rings. The van der Waals surface area contributed by atoms with Crippen LogP contribution in [0.4, 0.5) is 0 Å². The summed E-state index contributed by atoms with van der Waals surface area (Å²) >= 11 is 0. The topological polar surface area (TPSA) is 63.3 Å². The fourth-order valence-corrected chi connectivity index (χ4v) is 2.03. The van der Waals surface area contributed by atoms with Gasteiger partial charge < -0.3 is 10.8 Å². The summed E-state index contributed by atoms with van der Waals surface area (Å²) in [6.07, 6.45) is 0.470. The molecule has 0 amide bonds. The number of aryl methyl sites for hydroxylation is 1. The molecule has 2 unspecified atom stereocenters. The number of carboxylic acids is 1. The standard InChI is InChI=1S/C15H23NO2/c1-9(2)12-6-5-10(3)13(8-12)14(16)7-11(4)15(17)18/h5-6,8-9,11,14H,7,16H2,1-4H3,(H,17,18). The second-order valence-corrected chi connectivity index (χ2v) is 5.35. The summed E-state index contributed by atoms with van der Waals surface area (Å²) in [5, 5.41) is 8.93. The second kappa shape index (κ2) is 6.01. The molecule has 0 saturated heterocycles. The first kappa shape index (κ1) is 14.7. The Kier molecular flexibility index (Phi) is 4.91. The Hall–Kier alpha value is -1.35. The summed E-state index contributed by atoms with van der Waals surface area (Å²) in [4.78, 5) is 10.9. The maximum absolute atomic E-state index is 10.9. The van der Waals surface area contributed by atoms with Crippen LogP contribution in [0.3, 0.4) is 0 Å². The number of benzene rings is 1. The summed E-state index contributed by atoms with van der Waals surface area (Å²) in [5.41, 5.74) is 9.58. The zero-order valence-electron chi connectivity index (χ0n) is 11.6. The van der Waals surface area contributed by atoms with Gasteiger partial charge >= 0.3 is 5.97 Å². The van der Waals surface area contributed by atoms with Crippen LogP contribution in [0.2, 0.25) is 0 Å². The maximum Gasteiger partial charge on any atom is 0.306 e. The van der Waals surface area contributed by atoms with Crippen LogP contribution in [-0.4, -0.2) is 11.1 Å². The van der Waals surface area contributed by atoms with E-state index in [9.17, 15) is 4.79 Å². The molecule has 1 aromatic rings. The highest BCUT2D eigenvalue weighted by molar-refractivity contribution is 5.69. The molecule has 0 heterocycles. The van der Waals surface area contributed by atoms with Gasteiger partial charge in [-0.2, -0.15) is 0 Å². The monoisotopic (exact) mass is 249 g/mol. The first-order chi connectivity index (χ1) is 8.32. The van der Waals surface area contributed by atoms with Crippen molar-refractivity contribution >= 4 is 5.97 Å². The van der Waals surface area contributed by atoms with Gasteiger partial charge in [0.2, 0.25) is 0 Å². The normalized spacial score (nSPS) is 14.6. The SMILES string of the molecule is Cc1ccc(C(C)C)cc1C(N)CC(C)C(=O)O. The van der Waals surface area contributed by atoms with Crippen LogP contribution in [0.15, 0.2) is 18.2 Å². The quantitative estimate of drug-likeness (QED) is 0.842. The number of aliphatic carboxylic acids is 1. The lowest BCUT2D eigenvalue weighted by Crippen LogP contribution is -2.20. The summed E-state index contributed by atoms with van der Waals surface area (Å²) in [7, 11) is 0. The van der Waals surface area contributed by atoms with E-state index in [4.69, 9.17) is 10.8 Å². The maximum atomic E-state index is 10.9. The molecule has 0 saturated carbocycles. The number of nitrogens with two attached hydrogens (primary N) is 1. The van der Waals surface area contributed by atoms with Gasteiger partial charge in [-0.25, -0.2) is 0 Å². The van der Waals surface area contributed by atoms with Crippen LogP contribution >= 0.6 is 0 Å². The number of hydrogen-bond acceptors (Lipinski definition) is 2. The molecule has 3 N–H and O–H groups in total. The third kappa shape index (κ3) is 3.57. The van der Waals surface area contributed by atoms with E-state index < -0.39 is 11.9 Å². The second-order valence-electron chi connectivity index (χ2n) is 5.35. The average Bonchev–Trinajstić information content (AvgIpc) is 2.28. The molecule has 0 bridgehead atoms. The highest BCUT2D eigenvalue weighted by Crippen LogP contribution is 2.26. The van der Waals surface area contributed by atoms with E-state index in [2.05, 4.69) is 32.0 Å². The van der Waals surface area contributed by atoms with Crippen molar-refractivity contribution < 1.29 is 9.90 Å². The van der Waals surface area contributed by atoms with Crippen LogP contribution in [0.1, 0.15) is 55.8 Å². The zero-order chi connectivity index (χ0) is 13.9. The van der Waals surface area contributed by atoms with Crippen molar-refractivity contribution in [2.24, 2.45) is 11.7 Å². The molecule has 3 nitrogen and oxygen atoms in total. The molecule has 3 heteroatoms. The van der Waals surface area contributed by atoms with Crippen molar-refractivity contribution in [1.82, 2.24) is 0 Å². The van der Waals surface area contributed by atoms with Crippen LogP contribution in [0, 0.1) is 12.8 Å². The van der Waals surface area contributed by atoms with Gasteiger partial charge in [0, 0.05) is 6.04 Å². The molecule has 0 aliphatic heterocycles. The van der Waals surface area contributed by atoms with Crippen LogP contribution in [-0.2, 0) is 4.79 Å². The smallest absolute Gasteiger partial charge is 0.306 e. The van der Waals surface area contributed by atoms with Gasteiger partial charge in [0.05, 0.1) is 5.92 Å². The number of carbonyl (C=O) groups is 1.